The molecule has 1 aliphatic carbocycles. The molecule has 0 amide bonds. The summed E-state index contributed by atoms with van der Waals surface area (Å²) in [6, 6.07) is 5.77. The summed E-state index contributed by atoms with van der Waals surface area (Å²) in [6.07, 6.45) is 7.69. The first kappa shape index (κ1) is 17.7. The van der Waals surface area contributed by atoms with E-state index in [0.717, 1.165) is 27.9 Å². The summed E-state index contributed by atoms with van der Waals surface area (Å²) in [7, 11) is 0. The van der Waals surface area contributed by atoms with Gasteiger partial charge in [-0.1, -0.05) is 30.9 Å². The summed E-state index contributed by atoms with van der Waals surface area (Å²) in [4.78, 5) is 16.8. The molecule has 0 atom stereocenters. The molecule has 0 spiro atoms. The van der Waals surface area contributed by atoms with Gasteiger partial charge in [-0.05, 0) is 60.6 Å². The minimum Gasteiger partial charge on any atom is -0.461 e. The highest BCUT2D eigenvalue weighted by Crippen LogP contribution is 2.34. The summed E-state index contributed by atoms with van der Waals surface area (Å²) >= 11 is 8.48. The van der Waals surface area contributed by atoms with Gasteiger partial charge in [0.25, 0.3) is 0 Å². The topological polar surface area (TPSA) is 44.1 Å². The van der Waals surface area contributed by atoms with Gasteiger partial charge in [-0.25, -0.2) is 9.78 Å². The molecule has 1 fully saturated rings. The van der Waals surface area contributed by atoms with Crippen molar-refractivity contribution in [3.05, 3.63) is 44.5 Å². The number of nitrogens with zero attached hydrogens (tertiary/aromatic N) is 2. The second-order valence-corrected chi connectivity index (χ2v) is 7.60. The van der Waals surface area contributed by atoms with Crippen molar-refractivity contribution in [1.82, 2.24) is 9.55 Å². The SMILES string of the molecule is CCOC(=O)c1cn(-c2cc(Cl)ccc2I)c(C2CCCCC2)n1. The lowest BCUT2D eigenvalue weighted by Crippen LogP contribution is -2.12. The van der Waals surface area contributed by atoms with E-state index in [2.05, 4.69) is 27.6 Å². The van der Waals surface area contributed by atoms with Crippen LogP contribution in [0.4, 0.5) is 0 Å². The number of benzene rings is 1. The maximum Gasteiger partial charge on any atom is 0.358 e. The van der Waals surface area contributed by atoms with E-state index < -0.39 is 0 Å². The summed E-state index contributed by atoms with van der Waals surface area (Å²) in [5, 5.41) is 0.673. The third-order valence-corrected chi connectivity index (χ3v) is 5.50. The third kappa shape index (κ3) is 3.77. The Bertz CT molecular complexity index is 739. The maximum atomic E-state index is 12.2. The van der Waals surface area contributed by atoms with Gasteiger partial charge >= 0.3 is 5.97 Å². The van der Waals surface area contributed by atoms with Gasteiger partial charge in [-0.3, -0.25) is 0 Å². The van der Waals surface area contributed by atoms with Crippen LogP contribution in [0.2, 0.25) is 5.02 Å². The van der Waals surface area contributed by atoms with Crippen LogP contribution >= 0.6 is 34.2 Å². The van der Waals surface area contributed by atoms with E-state index in [-0.39, 0.29) is 5.97 Å². The van der Waals surface area contributed by atoms with Crippen molar-refractivity contribution >= 4 is 40.2 Å². The molecule has 0 bridgehead atoms. The molecule has 128 valence electrons. The Morgan fingerprint density at radius 1 is 1.38 bits per heavy atom. The van der Waals surface area contributed by atoms with E-state index in [0.29, 0.717) is 23.2 Å². The fourth-order valence-corrected chi connectivity index (χ4v) is 3.97. The van der Waals surface area contributed by atoms with Crippen molar-refractivity contribution < 1.29 is 9.53 Å². The number of ether oxygens (including phenoxy) is 1. The second kappa shape index (κ2) is 7.87. The van der Waals surface area contributed by atoms with Crippen LogP contribution in [0.5, 0.6) is 0 Å². The highest BCUT2D eigenvalue weighted by Gasteiger charge is 2.25. The molecule has 1 aromatic carbocycles. The lowest BCUT2D eigenvalue weighted by atomic mass is 9.88. The van der Waals surface area contributed by atoms with Gasteiger partial charge in [0.15, 0.2) is 5.69 Å². The number of rotatable bonds is 4. The summed E-state index contributed by atoms with van der Waals surface area (Å²) in [6.45, 7) is 2.15. The third-order valence-electron chi connectivity index (χ3n) is 4.36. The molecule has 1 aromatic heterocycles. The first-order chi connectivity index (χ1) is 11.6. The molecule has 4 nitrogen and oxygen atoms in total. The van der Waals surface area contributed by atoms with Gasteiger partial charge < -0.3 is 9.30 Å². The number of esters is 1. The molecule has 0 saturated heterocycles. The van der Waals surface area contributed by atoms with Crippen molar-refractivity contribution in [2.45, 2.75) is 44.9 Å². The fraction of sp³-hybridized carbons (Fsp3) is 0.444. The van der Waals surface area contributed by atoms with Crippen LogP contribution in [-0.4, -0.2) is 22.1 Å². The Labute approximate surface area is 160 Å². The normalized spacial score (nSPS) is 15.5. The van der Waals surface area contributed by atoms with E-state index in [1.54, 1.807) is 13.1 Å². The Kier molecular flexibility index (Phi) is 5.81. The number of hydrogen-bond donors (Lipinski definition) is 0. The van der Waals surface area contributed by atoms with Crippen molar-refractivity contribution in [3.63, 3.8) is 0 Å². The van der Waals surface area contributed by atoms with Gasteiger partial charge in [-0.15, -0.1) is 0 Å². The van der Waals surface area contributed by atoms with Crippen LogP contribution in [0, 0.1) is 3.57 Å². The largest absolute Gasteiger partial charge is 0.461 e. The Balaban J connectivity index is 2.08. The van der Waals surface area contributed by atoms with Gasteiger partial charge in [-0.2, -0.15) is 0 Å². The van der Waals surface area contributed by atoms with Crippen molar-refractivity contribution in [1.29, 1.82) is 0 Å². The number of carbonyl (C=O) groups is 1. The Morgan fingerprint density at radius 2 is 2.12 bits per heavy atom. The highest BCUT2D eigenvalue weighted by atomic mass is 127. The lowest BCUT2D eigenvalue weighted by molar-refractivity contribution is 0.0520. The van der Waals surface area contributed by atoms with E-state index in [1.165, 1.54) is 19.3 Å². The zero-order valence-corrected chi connectivity index (χ0v) is 16.5. The lowest BCUT2D eigenvalue weighted by Gasteiger charge is -2.22. The summed E-state index contributed by atoms with van der Waals surface area (Å²) in [5.41, 5.74) is 1.33. The van der Waals surface area contributed by atoms with Crippen LogP contribution in [0.15, 0.2) is 24.4 Å². The molecule has 3 rings (SSSR count). The zero-order chi connectivity index (χ0) is 17.1. The molecule has 1 heterocycles. The average molecular weight is 459 g/mol. The van der Waals surface area contributed by atoms with Crippen LogP contribution in [0.1, 0.15) is 61.3 Å². The summed E-state index contributed by atoms with van der Waals surface area (Å²) < 4.78 is 8.23. The second-order valence-electron chi connectivity index (χ2n) is 6.01. The summed E-state index contributed by atoms with van der Waals surface area (Å²) in [5.74, 6) is 0.944. The predicted octanol–water partition coefficient (Wildman–Crippen LogP) is 5.35. The molecule has 0 unspecified atom stereocenters. The number of carbonyl (C=O) groups excluding carboxylic acids is 1. The van der Waals surface area contributed by atoms with Crippen LogP contribution in [-0.2, 0) is 4.74 Å². The maximum absolute atomic E-state index is 12.2. The van der Waals surface area contributed by atoms with E-state index >= 15 is 0 Å². The van der Waals surface area contributed by atoms with Crippen LogP contribution in [0.25, 0.3) is 5.69 Å². The molecular weight excluding hydrogens is 439 g/mol. The Hall–Kier alpha value is -1.08. The average Bonchev–Trinajstić information content (AvgIpc) is 3.03. The van der Waals surface area contributed by atoms with Crippen molar-refractivity contribution in [2.24, 2.45) is 0 Å². The monoisotopic (exact) mass is 458 g/mol. The Morgan fingerprint density at radius 3 is 2.83 bits per heavy atom. The number of aromatic nitrogens is 2. The van der Waals surface area contributed by atoms with E-state index in [4.69, 9.17) is 16.3 Å². The van der Waals surface area contributed by atoms with Gasteiger partial charge in [0, 0.05) is 20.7 Å². The number of hydrogen-bond acceptors (Lipinski definition) is 3. The van der Waals surface area contributed by atoms with Crippen molar-refractivity contribution in [2.75, 3.05) is 6.61 Å². The minimum absolute atomic E-state index is 0.346. The number of halogens is 2. The molecule has 6 heteroatoms. The standard InChI is InChI=1S/C18H20ClIN2O2/c1-2-24-18(23)15-11-22(16-10-13(19)8-9-14(16)20)17(21-15)12-6-4-3-5-7-12/h8-12H,2-7H2,1H3. The van der Waals surface area contributed by atoms with E-state index in [1.807, 2.05) is 22.8 Å². The van der Waals surface area contributed by atoms with Crippen molar-refractivity contribution in [3.8, 4) is 5.69 Å². The number of imidazole rings is 1. The molecule has 0 N–H and O–H groups in total. The molecule has 24 heavy (non-hydrogen) atoms. The fourth-order valence-electron chi connectivity index (χ4n) is 3.21. The predicted molar refractivity (Wildman–Crippen MR) is 103 cm³/mol. The van der Waals surface area contributed by atoms with Gasteiger partial charge in [0.2, 0.25) is 0 Å². The smallest absolute Gasteiger partial charge is 0.358 e. The van der Waals surface area contributed by atoms with E-state index in [9.17, 15) is 4.79 Å². The van der Waals surface area contributed by atoms with Gasteiger partial charge in [0.1, 0.15) is 5.82 Å². The zero-order valence-electron chi connectivity index (χ0n) is 13.6. The highest BCUT2D eigenvalue weighted by molar-refractivity contribution is 14.1. The molecule has 0 radical (unpaired) electrons. The minimum atomic E-state index is -0.370. The first-order valence-electron chi connectivity index (χ1n) is 8.32. The molecule has 1 saturated carbocycles. The molecule has 2 aromatic rings. The molecular formula is C18H20ClIN2O2. The quantitative estimate of drug-likeness (QED) is 0.458. The molecule has 1 aliphatic rings. The van der Waals surface area contributed by atoms with Crippen LogP contribution < -0.4 is 0 Å². The molecule has 0 aliphatic heterocycles. The van der Waals surface area contributed by atoms with Gasteiger partial charge in [0.05, 0.1) is 12.3 Å². The van der Waals surface area contributed by atoms with Crippen LogP contribution in [0.3, 0.4) is 0 Å². The first-order valence-corrected chi connectivity index (χ1v) is 9.77.